The quantitative estimate of drug-likeness (QED) is 0.818. The number of nitrogens with zero attached hydrogens (tertiary/aromatic N) is 4. The van der Waals surface area contributed by atoms with E-state index < -0.39 is 0 Å². The molecule has 118 valence electrons. The molecule has 0 bridgehead atoms. The maximum Gasteiger partial charge on any atom is 0.226 e. The van der Waals surface area contributed by atoms with E-state index >= 15 is 0 Å². The van der Waals surface area contributed by atoms with Crippen molar-refractivity contribution >= 4 is 11.8 Å². The maximum atomic E-state index is 5.18. The summed E-state index contributed by atoms with van der Waals surface area (Å²) in [6, 6.07) is 1.88. The number of aromatic nitrogens is 2. The van der Waals surface area contributed by atoms with Gasteiger partial charge >= 0.3 is 0 Å². The summed E-state index contributed by atoms with van der Waals surface area (Å²) < 4.78 is 5.18. The summed E-state index contributed by atoms with van der Waals surface area (Å²) >= 11 is 0. The van der Waals surface area contributed by atoms with Crippen LogP contribution >= 0.6 is 0 Å². The molecule has 0 amide bonds. The Balaban J connectivity index is 1.87. The molecule has 1 aliphatic heterocycles. The molecule has 6 nitrogen and oxygen atoms in total. The topological polar surface area (TPSA) is 53.5 Å². The first kappa shape index (κ1) is 16.0. The van der Waals surface area contributed by atoms with Crippen LogP contribution in [0.3, 0.4) is 0 Å². The van der Waals surface area contributed by atoms with E-state index in [-0.39, 0.29) is 0 Å². The summed E-state index contributed by atoms with van der Waals surface area (Å²) in [4.78, 5) is 13.5. The number of likely N-dealkylation sites (tertiary alicyclic amines) is 1. The van der Waals surface area contributed by atoms with Gasteiger partial charge in [0.15, 0.2) is 0 Å². The lowest BCUT2D eigenvalue weighted by Crippen LogP contribution is -2.41. The second-order valence-corrected chi connectivity index (χ2v) is 5.67. The van der Waals surface area contributed by atoms with Gasteiger partial charge in [-0.25, -0.2) is 4.98 Å². The van der Waals surface area contributed by atoms with Gasteiger partial charge in [-0.15, -0.1) is 0 Å². The van der Waals surface area contributed by atoms with E-state index in [0.29, 0.717) is 5.92 Å². The minimum Gasteiger partial charge on any atom is -0.383 e. The van der Waals surface area contributed by atoms with Gasteiger partial charge in [-0.05, 0) is 31.4 Å². The van der Waals surface area contributed by atoms with Crippen LogP contribution in [0.1, 0.15) is 12.8 Å². The number of ether oxygens (including phenoxy) is 1. The maximum absolute atomic E-state index is 5.18. The minimum atomic E-state index is 0.669. The van der Waals surface area contributed by atoms with Gasteiger partial charge in [0.2, 0.25) is 5.95 Å². The molecule has 0 aliphatic carbocycles. The molecule has 1 N–H and O–H groups in total. The predicted octanol–water partition coefficient (Wildman–Crippen LogP) is 1.31. The average molecular weight is 293 g/mol. The van der Waals surface area contributed by atoms with E-state index in [1.807, 2.05) is 13.1 Å². The first-order valence-electron chi connectivity index (χ1n) is 7.66. The van der Waals surface area contributed by atoms with Crippen LogP contribution in [-0.4, -0.2) is 68.9 Å². The zero-order chi connectivity index (χ0) is 15.1. The minimum absolute atomic E-state index is 0.669. The van der Waals surface area contributed by atoms with Gasteiger partial charge in [0.05, 0.1) is 6.61 Å². The highest BCUT2D eigenvalue weighted by atomic mass is 16.5. The molecule has 1 aromatic rings. The molecule has 1 saturated heterocycles. The molecule has 0 saturated carbocycles. The van der Waals surface area contributed by atoms with Gasteiger partial charge < -0.3 is 19.9 Å². The molecule has 1 aromatic heterocycles. The average Bonchev–Trinajstić information content (AvgIpc) is 2.53. The molecular weight excluding hydrogens is 266 g/mol. The number of piperidine rings is 1. The second-order valence-electron chi connectivity index (χ2n) is 5.67. The summed E-state index contributed by atoms with van der Waals surface area (Å²) in [5, 5.41) is 3.06. The number of nitrogens with one attached hydrogen (secondary N) is 1. The van der Waals surface area contributed by atoms with Crippen molar-refractivity contribution in [2.45, 2.75) is 12.8 Å². The van der Waals surface area contributed by atoms with E-state index in [9.17, 15) is 0 Å². The van der Waals surface area contributed by atoms with Crippen LogP contribution in [0.4, 0.5) is 11.8 Å². The Labute approximate surface area is 127 Å². The van der Waals surface area contributed by atoms with Gasteiger partial charge in [0.1, 0.15) is 5.82 Å². The summed E-state index contributed by atoms with van der Waals surface area (Å²) in [6.45, 7) is 5.17. The molecule has 0 aromatic carbocycles. The summed E-state index contributed by atoms with van der Waals surface area (Å²) in [5.74, 6) is 2.32. The Hall–Kier alpha value is -1.40. The van der Waals surface area contributed by atoms with E-state index in [0.717, 1.165) is 38.0 Å². The van der Waals surface area contributed by atoms with Crippen LogP contribution in [0, 0.1) is 5.92 Å². The van der Waals surface area contributed by atoms with Crippen molar-refractivity contribution < 1.29 is 4.74 Å². The molecule has 2 rings (SSSR count). The molecule has 1 fully saturated rings. The highest BCUT2D eigenvalue weighted by Gasteiger charge is 2.21. The van der Waals surface area contributed by atoms with Crippen molar-refractivity contribution in [3.8, 4) is 0 Å². The lowest BCUT2D eigenvalue weighted by Gasteiger charge is -2.34. The van der Waals surface area contributed by atoms with Gasteiger partial charge in [0, 0.05) is 47.0 Å². The van der Waals surface area contributed by atoms with Crippen LogP contribution < -0.4 is 10.2 Å². The van der Waals surface area contributed by atoms with E-state index in [1.54, 1.807) is 13.3 Å². The first-order valence-corrected chi connectivity index (χ1v) is 7.66. The highest BCUT2D eigenvalue weighted by Crippen LogP contribution is 2.19. The van der Waals surface area contributed by atoms with Crippen molar-refractivity contribution in [2.75, 3.05) is 64.2 Å². The second kappa shape index (κ2) is 8.14. The summed E-state index contributed by atoms with van der Waals surface area (Å²) in [5.41, 5.74) is 0. The molecule has 2 heterocycles. The van der Waals surface area contributed by atoms with Crippen molar-refractivity contribution in [3.05, 3.63) is 12.3 Å². The van der Waals surface area contributed by atoms with Gasteiger partial charge in [0.25, 0.3) is 0 Å². The van der Waals surface area contributed by atoms with Crippen molar-refractivity contribution in [3.63, 3.8) is 0 Å². The Kier molecular flexibility index (Phi) is 6.20. The number of anilines is 2. The van der Waals surface area contributed by atoms with Crippen LogP contribution in [0.15, 0.2) is 12.3 Å². The molecule has 6 heteroatoms. The van der Waals surface area contributed by atoms with Crippen molar-refractivity contribution in [1.29, 1.82) is 0 Å². The molecular formula is C15H27N5O. The number of rotatable bonds is 7. The third-order valence-electron chi connectivity index (χ3n) is 3.99. The van der Waals surface area contributed by atoms with Crippen LogP contribution in [0.2, 0.25) is 0 Å². The monoisotopic (exact) mass is 293 g/mol. The number of methoxy groups -OCH3 is 1. The fourth-order valence-corrected chi connectivity index (χ4v) is 2.86. The number of hydrogen-bond acceptors (Lipinski definition) is 6. The lowest BCUT2D eigenvalue weighted by atomic mass is 9.97. The predicted molar refractivity (Wildman–Crippen MR) is 85.9 cm³/mol. The molecule has 0 spiro atoms. The van der Waals surface area contributed by atoms with Gasteiger partial charge in [-0.1, -0.05) is 0 Å². The molecule has 1 unspecified atom stereocenters. The third kappa shape index (κ3) is 4.82. The molecule has 0 radical (unpaired) electrons. The number of hydrogen-bond donors (Lipinski definition) is 1. The fourth-order valence-electron chi connectivity index (χ4n) is 2.86. The standard InChI is InChI=1S/C15H27N5O/c1-16-14-6-7-17-15(18-14)19(2)11-13-5-4-8-20(12-13)9-10-21-3/h6-7,13H,4-5,8-12H2,1-3H3,(H,16,17,18). The summed E-state index contributed by atoms with van der Waals surface area (Å²) in [6.07, 6.45) is 4.34. The lowest BCUT2D eigenvalue weighted by molar-refractivity contribution is 0.116. The van der Waals surface area contributed by atoms with Crippen LogP contribution in [0.5, 0.6) is 0 Å². The summed E-state index contributed by atoms with van der Waals surface area (Å²) in [7, 11) is 5.71. The molecule has 1 atom stereocenters. The Morgan fingerprint density at radius 3 is 3.14 bits per heavy atom. The van der Waals surface area contributed by atoms with Crippen LogP contribution in [0.25, 0.3) is 0 Å². The zero-order valence-corrected chi connectivity index (χ0v) is 13.4. The zero-order valence-electron chi connectivity index (χ0n) is 13.4. The van der Waals surface area contributed by atoms with Gasteiger partial charge in [-0.2, -0.15) is 4.98 Å². The Morgan fingerprint density at radius 1 is 1.52 bits per heavy atom. The SMILES string of the molecule is CNc1ccnc(N(C)CC2CCCN(CCOC)C2)n1. The normalized spacial score (nSPS) is 19.5. The van der Waals surface area contributed by atoms with Crippen molar-refractivity contribution in [2.24, 2.45) is 5.92 Å². The molecule has 21 heavy (non-hydrogen) atoms. The van der Waals surface area contributed by atoms with Crippen LogP contribution in [-0.2, 0) is 4.74 Å². The van der Waals surface area contributed by atoms with E-state index in [2.05, 4.69) is 32.1 Å². The third-order valence-corrected chi connectivity index (χ3v) is 3.99. The Morgan fingerprint density at radius 2 is 2.38 bits per heavy atom. The Bertz CT molecular complexity index is 428. The van der Waals surface area contributed by atoms with Gasteiger partial charge in [-0.3, -0.25) is 0 Å². The fraction of sp³-hybridized carbons (Fsp3) is 0.733. The van der Waals surface area contributed by atoms with E-state index in [1.165, 1.54) is 19.4 Å². The largest absolute Gasteiger partial charge is 0.383 e. The van der Waals surface area contributed by atoms with E-state index in [4.69, 9.17) is 4.74 Å². The van der Waals surface area contributed by atoms with Crippen molar-refractivity contribution in [1.82, 2.24) is 14.9 Å². The molecule has 1 aliphatic rings. The smallest absolute Gasteiger partial charge is 0.226 e. The first-order chi connectivity index (χ1) is 10.2. The highest BCUT2D eigenvalue weighted by molar-refractivity contribution is 5.40.